The normalized spacial score (nSPS) is 16.0. The maximum atomic E-state index is 13.1. The Morgan fingerprint density at radius 3 is 2.76 bits per heavy atom. The molecule has 1 saturated heterocycles. The maximum Gasteiger partial charge on any atom is 0.255 e. The second kappa shape index (κ2) is 7.76. The third kappa shape index (κ3) is 4.42. The molecule has 1 aliphatic heterocycles. The predicted molar refractivity (Wildman–Crippen MR) is 83.2 cm³/mol. The molecule has 0 radical (unpaired) electrons. The fraction of sp³-hybridized carbons (Fsp3) is 0.562. The Morgan fingerprint density at radius 2 is 2.14 bits per heavy atom. The van der Waals surface area contributed by atoms with Gasteiger partial charge in [0.05, 0.1) is 10.6 Å². The van der Waals surface area contributed by atoms with Gasteiger partial charge in [0.15, 0.2) is 0 Å². The van der Waals surface area contributed by atoms with Gasteiger partial charge in [-0.15, -0.1) is 0 Å². The van der Waals surface area contributed by atoms with Crippen LogP contribution in [0.2, 0.25) is 5.02 Å². The number of rotatable bonds is 5. The van der Waals surface area contributed by atoms with E-state index in [0.717, 1.165) is 38.9 Å². The van der Waals surface area contributed by atoms with Gasteiger partial charge in [-0.05, 0) is 56.5 Å². The van der Waals surface area contributed by atoms with Crippen LogP contribution >= 0.6 is 11.6 Å². The van der Waals surface area contributed by atoms with Crippen LogP contribution in [0.4, 0.5) is 4.39 Å². The summed E-state index contributed by atoms with van der Waals surface area (Å²) in [7, 11) is 0. The van der Waals surface area contributed by atoms with Crippen molar-refractivity contribution in [3.8, 4) is 0 Å². The van der Waals surface area contributed by atoms with Crippen LogP contribution in [-0.2, 0) is 0 Å². The molecule has 0 unspecified atom stereocenters. The number of carbonyl (C=O) groups is 1. The number of piperidine rings is 1. The van der Waals surface area contributed by atoms with E-state index in [0.29, 0.717) is 18.0 Å². The standard InChI is InChI=1S/C16H22ClFN2O/c1-2-9-20(11-12-5-7-19-8-6-12)16(21)14-4-3-13(18)10-15(14)17/h3-4,10,12,19H,2,5-9,11H2,1H3. The topological polar surface area (TPSA) is 32.3 Å². The Hall–Kier alpha value is -1.13. The van der Waals surface area contributed by atoms with E-state index in [1.54, 1.807) is 0 Å². The highest BCUT2D eigenvalue weighted by Crippen LogP contribution is 2.21. The van der Waals surface area contributed by atoms with Crippen LogP contribution in [-0.4, -0.2) is 37.0 Å². The Labute approximate surface area is 130 Å². The van der Waals surface area contributed by atoms with Crippen LogP contribution in [0.15, 0.2) is 18.2 Å². The van der Waals surface area contributed by atoms with Crippen molar-refractivity contribution in [3.05, 3.63) is 34.6 Å². The molecule has 0 atom stereocenters. The predicted octanol–water partition coefficient (Wildman–Crippen LogP) is 3.33. The monoisotopic (exact) mass is 312 g/mol. The Bertz CT molecular complexity index is 489. The lowest BCUT2D eigenvalue weighted by molar-refractivity contribution is 0.0716. The van der Waals surface area contributed by atoms with Crippen LogP contribution < -0.4 is 5.32 Å². The number of nitrogens with one attached hydrogen (secondary N) is 1. The molecule has 1 amide bonds. The van der Waals surface area contributed by atoms with Gasteiger partial charge in [-0.2, -0.15) is 0 Å². The smallest absolute Gasteiger partial charge is 0.255 e. The van der Waals surface area contributed by atoms with Crippen LogP contribution in [0.25, 0.3) is 0 Å². The van der Waals surface area contributed by atoms with Gasteiger partial charge in [0, 0.05) is 13.1 Å². The first kappa shape index (κ1) is 16.2. The van der Waals surface area contributed by atoms with E-state index in [1.165, 1.54) is 18.2 Å². The molecule has 0 spiro atoms. The highest BCUT2D eigenvalue weighted by Gasteiger charge is 2.22. The number of benzene rings is 1. The van der Waals surface area contributed by atoms with Crippen molar-refractivity contribution in [2.75, 3.05) is 26.2 Å². The zero-order valence-electron chi connectivity index (χ0n) is 12.4. The van der Waals surface area contributed by atoms with Crippen LogP contribution in [0.3, 0.4) is 0 Å². The number of hydrogen-bond acceptors (Lipinski definition) is 2. The van der Waals surface area contributed by atoms with E-state index in [2.05, 4.69) is 12.2 Å². The van der Waals surface area contributed by atoms with Crippen LogP contribution in [0.1, 0.15) is 36.5 Å². The third-order valence-electron chi connectivity index (χ3n) is 3.88. The van der Waals surface area contributed by atoms with E-state index < -0.39 is 5.82 Å². The summed E-state index contributed by atoms with van der Waals surface area (Å²) in [4.78, 5) is 14.5. The zero-order valence-corrected chi connectivity index (χ0v) is 13.1. The average Bonchev–Trinajstić information content (AvgIpc) is 2.47. The summed E-state index contributed by atoms with van der Waals surface area (Å²) in [5.74, 6) is 0.0123. The van der Waals surface area contributed by atoms with Crippen molar-refractivity contribution in [3.63, 3.8) is 0 Å². The van der Waals surface area contributed by atoms with E-state index in [1.807, 2.05) is 4.90 Å². The first-order chi connectivity index (χ1) is 10.1. The maximum absolute atomic E-state index is 13.1. The fourth-order valence-corrected chi connectivity index (χ4v) is 3.00. The SMILES string of the molecule is CCCN(CC1CCNCC1)C(=O)c1ccc(F)cc1Cl. The zero-order chi connectivity index (χ0) is 15.2. The van der Waals surface area contributed by atoms with Crippen molar-refractivity contribution in [1.29, 1.82) is 0 Å². The molecule has 0 aromatic heterocycles. The molecule has 1 N–H and O–H groups in total. The van der Waals surface area contributed by atoms with Gasteiger partial charge < -0.3 is 10.2 Å². The van der Waals surface area contributed by atoms with Gasteiger partial charge in [-0.25, -0.2) is 4.39 Å². The molecule has 0 aliphatic carbocycles. The third-order valence-corrected chi connectivity index (χ3v) is 4.19. The molecule has 5 heteroatoms. The molecule has 116 valence electrons. The summed E-state index contributed by atoms with van der Waals surface area (Å²) in [5, 5.41) is 3.52. The molecule has 0 bridgehead atoms. The van der Waals surface area contributed by atoms with Crippen LogP contribution in [0, 0.1) is 11.7 Å². The minimum absolute atomic E-state index is 0.0969. The second-order valence-corrected chi connectivity index (χ2v) is 5.98. The molecule has 1 aromatic rings. The number of carbonyl (C=O) groups excluding carboxylic acids is 1. The van der Waals surface area contributed by atoms with E-state index in [9.17, 15) is 9.18 Å². The number of amides is 1. The molecule has 1 aromatic carbocycles. The summed E-state index contributed by atoms with van der Waals surface area (Å²) in [5.41, 5.74) is 0.389. The minimum Gasteiger partial charge on any atom is -0.338 e. The van der Waals surface area contributed by atoms with Crippen molar-refractivity contribution in [1.82, 2.24) is 10.2 Å². The lowest BCUT2D eigenvalue weighted by Gasteiger charge is -2.30. The fourth-order valence-electron chi connectivity index (χ4n) is 2.75. The summed E-state index contributed by atoms with van der Waals surface area (Å²) in [6, 6.07) is 3.96. The Morgan fingerprint density at radius 1 is 1.43 bits per heavy atom. The highest BCUT2D eigenvalue weighted by molar-refractivity contribution is 6.33. The van der Waals surface area contributed by atoms with Crippen molar-refractivity contribution < 1.29 is 9.18 Å². The van der Waals surface area contributed by atoms with E-state index >= 15 is 0 Å². The van der Waals surface area contributed by atoms with Crippen molar-refractivity contribution >= 4 is 17.5 Å². The van der Waals surface area contributed by atoms with E-state index in [-0.39, 0.29) is 10.9 Å². The molecular formula is C16H22ClFN2O. The van der Waals surface area contributed by atoms with Gasteiger partial charge in [-0.1, -0.05) is 18.5 Å². The summed E-state index contributed by atoms with van der Waals surface area (Å²) in [6.45, 7) is 5.53. The molecule has 1 aliphatic rings. The van der Waals surface area contributed by atoms with Gasteiger partial charge in [0.2, 0.25) is 0 Å². The van der Waals surface area contributed by atoms with E-state index in [4.69, 9.17) is 11.6 Å². The molecule has 0 saturated carbocycles. The minimum atomic E-state index is -0.419. The first-order valence-electron chi connectivity index (χ1n) is 7.57. The molecule has 3 nitrogen and oxygen atoms in total. The molecule has 21 heavy (non-hydrogen) atoms. The number of nitrogens with zero attached hydrogens (tertiary/aromatic N) is 1. The van der Waals surface area contributed by atoms with Gasteiger partial charge in [0.1, 0.15) is 5.82 Å². The highest BCUT2D eigenvalue weighted by atomic mass is 35.5. The summed E-state index contributed by atoms with van der Waals surface area (Å²) >= 11 is 6.01. The first-order valence-corrected chi connectivity index (χ1v) is 7.94. The Balaban J connectivity index is 2.10. The number of hydrogen-bond donors (Lipinski definition) is 1. The summed E-state index contributed by atoms with van der Waals surface area (Å²) in [6.07, 6.45) is 3.07. The largest absolute Gasteiger partial charge is 0.338 e. The summed E-state index contributed by atoms with van der Waals surface area (Å²) < 4.78 is 13.1. The average molecular weight is 313 g/mol. The Kier molecular flexibility index (Phi) is 6.00. The molecule has 2 rings (SSSR count). The number of halogens is 2. The van der Waals surface area contributed by atoms with Crippen molar-refractivity contribution in [2.45, 2.75) is 26.2 Å². The molecule has 1 fully saturated rings. The van der Waals surface area contributed by atoms with Gasteiger partial charge in [-0.3, -0.25) is 4.79 Å². The molecular weight excluding hydrogens is 291 g/mol. The molecule has 1 heterocycles. The second-order valence-electron chi connectivity index (χ2n) is 5.57. The lowest BCUT2D eigenvalue weighted by atomic mass is 9.97. The lowest BCUT2D eigenvalue weighted by Crippen LogP contribution is -2.39. The quantitative estimate of drug-likeness (QED) is 0.904. The van der Waals surface area contributed by atoms with Gasteiger partial charge in [0.25, 0.3) is 5.91 Å². The van der Waals surface area contributed by atoms with Crippen LogP contribution in [0.5, 0.6) is 0 Å². The van der Waals surface area contributed by atoms with Crippen molar-refractivity contribution in [2.24, 2.45) is 5.92 Å². The van der Waals surface area contributed by atoms with Gasteiger partial charge >= 0.3 is 0 Å².